The normalized spacial score (nSPS) is 17.6. The summed E-state index contributed by atoms with van der Waals surface area (Å²) in [7, 11) is 1.66. The lowest BCUT2D eigenvalue weighted by Crippen LogP contribution is -2.54. The van der Waals surface area contributed by atoms with Gasteiger partial charge in [0.05, 0.1) is 18.2 Å². The molecule has 0 radical (unpaired) electrons. The second-order valence-electron chi connectivity index (χ2n) is 6.32. The van der Waals surface area contributed by atoms with Crippen LogP contribution in [0, 0.1) is 0 Å². The molecule has 1 saturated heterocycles. The average Bonchev–Trinajstić information content (AvgIpc) is 3.16. The number of nitrogens with zero attached hydrogens (tertiary/aromatic N) is 4. The number of hydrogen-bond acceptors (Lipinski definition) is 5. The molecule has 1 atom stereocenters. The highest BCUT2D eigenvalue weighted by Gasteiger charge is 2.36. The zero-order valence-corrected chi connectivity index (χ0v) is 14.0. The lowest BCUT2D eigenvalue weighted by molar-refractivity contribution is -0.131. The van der Waals surface area contributed by atoms with Crippen LogP contribution in [0.5, 0.6) is 0 Å². The van der Waals surface area contributed by atoms with Gasteiger partial charge in [-0.25, -0.2) is 0 Å². The monoisotopic (exact) mass is 309 g/mol. The molecular formula is C15H27N5O2. The average molecular weight is 309 g/mol. The first-order valence-corrected chi connectivity index (χ1v) is 7.89. The third-order valence-electron chi connectivity index (χ3n) is 4.37. The van der Waals surface area contributed by atoms with Crippen molar-refractivity contribution in [2.45, 2.75) is 51.7 Å². The second-order valence-corrected chi connectivity index (χ2v) is 6.32. The zero-order chi connectivity index (χ0) is 16.2. The van der Waals surface area contributed by atoms with E-state index in [1.165, 1.54) is 0 Å². The molecule has 1 aromatic heterocycles. The van der Waals surface area contributed by atoms with Gasteiger partial charge in [-0.05, 0) is 46.7 Å². The van der Waals surface area contributed by atoms with Crippen LogP contribution in [-0.2, 0) is 16.1 Å². The van der Waals surface area contributed by atoms with Gasteiger partial charge in [-0.2, -0.15) is 0 Å². The molecule has 0 unspecified atom stereocenters. The van der Waals surface area contributed by atoms with Crippen LogP contribution in [0.4, 0.5) is 0 Å². The van der Waals surface area contributed by atoms with Gasteiger partial charge in [-0.15, -0.1) is 10.2 Å². The first-order chi connectivity index (χ1) is 10.5. The second kappa shape index (κ2) is 7.19. The van der Waals surface area contributed by atoms with Crippen molar-refractivity contribution in [1.29, 1.82) is 0 Å². The first-order valence-electron chi connectivity index (χ1n) is 7.89. The van der Waals surface area contributed by atoms with Gasteiger partial charge in [0.1, 0.15) is 6.33 Å². The van der Waals surface area contributed by atoms with Crippen molar-refractivity contribution in [2.75, 3.05) is 26.8 Å². The fraction of sp³-hybridized carbons (Fsp3) is 0.800. The molecule has 1 fully saturated rings. The predicted molar refractivity (Wildman–Crippen MR) is 83.3 cm³/mol. The molecule has 22 heavy (non-hydrogen) atoms. The molecule has 0 bridgehead atoms. The number of amides is 1. The van der Waals surface area contributed by atoms with Crippen LogP contribution in [0.25, 0.3) is 0 Å². The van der Waals surface area contributed by atoms with Crippen molar-refractivity contribution in [3.63, 3.8) is 0 Å². The van der Waals surface area contributed by atoms with E-state index in [0.29, 0.717) is 13.2 Å². The molecule has 0 spiro atoms. The fourth-order valence-corrected chi connectivity index (χ4v) is 2.82. The van der Waals surface area contributed by atoms with Gasteiger partial charge in [0, 0.05) is 13.7 Å². The molecule has 2 rings (SSSR count). The number of carbonyl (C=O) groups is 1. The van der Waals surface area contributed by atoms with Gasteiger partial charge in [-0.1, -0.05) is 0 Å². The highest BCUT2D eigenvalue weighted by atomic mass is 16.5. The summed E-state index contributed by atoms with van der Waals surface area (Å²) in [6.45, 7) is 9.13. The van der Waals surface area contributed by atoms with Crippen LogP contribution in [0.15, 0.2) is 6.33 Å². The number of ether oxygens (including phenoxy) is 1. The molecule has 0 aliphatic carbocycles. The van der Waals surface area contributed by atoms with E-state index in [0.717, 1.165) is 31.8 Å². The minimum absolute atomic E-state index is 0.0307. The smallest absolute Gasteiger partial charge is 0.240 e. The van der Waals surface area contributed by atoms with E-state index in [-0.39, 0.29) is 11.9 Å². The minimum atomic E-state index is -0.498. The molecule has 2 heterocycles. The largest absolute Gasteiger partial charge is 0.383 e. The Kier molecular flexibility index (Phi) is 5.52. The number of hydrogen-bond donors (Lipinski definition) is 1. The summed E-state index contributed by atoms with van der Waals surface area (Å²) in [6, 6.07) is -0.186. The molecule has 1 N–H and O–H groups in total. The Morgan fingerprint density at radius 2 is 2.14 bits per heavy atom. The Balaban J connectivity index is 2.00. The maximum Gasteiger partial charge on any atom is 0.240 e. The summed E-state index contributed by atoms with van der Waals surface area (Å²) in [5.41, 5.74) is -0.498. The molecule has 7 nitrogen and oxygen atoms in total. The summed E-state index contributed by atoms with van der Waals surface area (Å²) >= 11 is 0. The Bertz CT molecular complexity index is 494. The van der Waals surface area contributed by atoms with Crippen LogP contribution in [0.1, 0.15) is 45.5 Å². The molecule has 1 amide bonds. The lowest BCUT2D eigenvalue weighted by Gasteiger charge is -2.34. The van der Waals surface area contributed by atoms with E-state index < -0.39 is 5.54 Å². The third kappa shape index (κ3) is 3.64. The van der Waals surface area contributed by atoms with Crippen LogP contribution in [0.3, 0.4) is 0 Å². The molecule has 1 aromatic rings. The predicted octanol–water partition coefficient (Wildman–Crippen LogP) is 0.976. The highest BCUT2D eigenvalue weighted by Crippen LogP contribution is 2.22. The van der Waals surface area contributed by atoms with Crippen LogP contribution < -0.4 is 5.32 Å². The highest BCUT2D eigenvalue weighted by molar-refractivity contribution is 5.85. The van der Waals surface area contributed by atoms with Crippen molar-refractivity contribution in [3.05, 3.63) is 12.2 Å². The Hall–Kier alpha value is -1.47. The van der Waals surface area contributed by atoms with E-state index in [1.807, 2.05) is 25.3 Å². The molecule has 0 aromatic carbocycles. The fourth-order valence-electron chi connectivity index (χ4n) is 2.82. The molecule has 124 valence electrons. The number of rotatable bonds is 7. The Morgan fingerprint density at radius 1 is 1.45 bits per heavy atom. The van der Waals surface area contributed by atoms with Crippen LogP contribution >= 0.6 is 0 Å². The minimum Gasteiger partial charge on any atom is -0.383 e. The van der Waals surface area contributed by atoms with Crippen molar-refractivity contribution < 1.29 is 9.53 Å². The Labute approximate surface area is 132 Å². The molecule has 7 heteroatoms. The van der Waals surface area contributed by atoms with Crippen molar-refractivity contribution in [3.8, 4) is 0 Å². The van der Waals surface area contributed by atoms with Crippen molar-refractivity contribution >= 4 is 5.91 Å². The number of likely N-dealkylation sites (tertiary alicyclic amines) is 1. The number of aromatic nitrogens is 3. The van der Waals surface area contributed by atoms with Gasteiger partial charge < -0.3 is 14.6 Å². The van der Waals surface area contributed by atoms with Gasteiger partial charge in [0.2, 0.25) is 5.91 Å². The summed E-state index contributed by atoms with van der Waals surface area (Å²) in [4.78, 5) is 14.9. The maximum absolute atomic E-state index is 12.6. The number of carbonyl (C=O) groups excluding carboxylic acids is 1. The number of methoxy groups -OCH3 is 1. The van der Waals surface area contributed by atoms with E-state index in [1.54, 1.807) is 13.4 Å². The van der Waals surface area contributed by atoms with Crippen LogP contribution in [0.2, 0.25) is 0 Å². The summed E-state index contributed by atoms with van der Waals surface area (Å²) in [6.07, 6.45) is 4.00. The Morgan fingerprint density at radius 3 is 2.77 bits per heavy atom. The van der Waals surface area contributed by atoms with E-state index in [9.17, 15) is 4.79 Å². The summed E-state index contributed by atoms with van der Waals surface area (Å²) < 4.78 is 7.00. The van der Waals surface area contributed by atoms with Gasteiger partial charge in [-0.3, -0.25) is 9.69 Å². The van der Waals surface area contributed by atoms with Gasteiger partial charge >= 0.3 is 0 Å². The van der Waals surface area contributed by atoms with E-state index in [2.05, 4.69) is 20.4 Å². The first kappa shape index (κ1) is 16.9. The van der Waals surface area contributed by atoms with Gasteiger partial charge in [0.25, 0.3) is 0 Å². The number of nitrogens with one attached hydrogen (secondary N) is 1. The summed E-state index contributed by atoms with van der Waals surface area (Å²) in [5, 5.41) is 11.1. The standard InChI is InChI=1S/C15H27N5O2/c1-12(13-18-16-11-19(13)9-10-22-4)17-14(21)15(2,3)20-7-5-6-8-20/h11-12H,5-10H2,1-4H3,(H,17,21)/t12-/m1/s1. The molecule has 0 saturated carbocycles. The third-order valence-corrected chi connectivity index (χ3v) is 4.37. The van der Waals surface area contributed by atoms with Gasteiger partial charge in [0.15, 0.2) is 5.82 Å². The zero-order valence-electron chi connectivity index (χ0n) is 14.0. The SMILES string of the molecule is COCCn1cnnc1[C@@H](C)NC(=O)C(C)(C)N1CCCC1. The molecule has 1 aliphatic heterocycles. The summed E-state index contributed by atoms with van der Waals surface area (Å²) in [5.74, 6) is 0.783. The van der Waals surface area contributed by atoms with Crippen molar-refractivity contribution in [2.24, 2.45) is 0 Å². The van der Waals surface area contributed by atoms with E-state index in [4.69, 9.17) is 4.74 Å². The van der Waals surface area contributed by atoms with E-state index >= 15 is 0 Å². The lowest BCUT2D eigenvalue weighted by atomic mass is 10.0. The van der Waals surface area contributed by atoms with Crippen LogP contribution in [-0.4, -0.2) is 57.9 Å². The molecule has 1 aliphatic rings. The van der Waals surface area contributed by atoms with Crippen molar-refractivity contribution in [1.82, 2.24) is 25.0 Å². The topological polar surface area (TPSA) is 72.3 Å². The quantitative estimate of drug-likeness (QED) is 0.813. The maximum atomic E-state index is 12.6. The molecular weight excluding hydrogens is 282 g/mol.